The van der Waals surface area contributed by atoms with Crippen LogP contribution in [0.25, 0.3) is 0 Å². The third-order valence-corrected chi connectivity index (χ3v) is 6.49. The van der Waals surface area contributed by atoms with Crippen LogP contribution in [0.5, 0.6) is 0 Å². The van der Waals surface area contributed by atoms with E-state index in [1.54, 1.807) is 0 Å². The lowest BCUT2D eigenvalue weighted by Crippen LogP contribution is -2.31. The first-order valence-electron chi connectivity index (χ1n) is 6.51. The van der Waals surface area contributed by atoms with Crippen molar-refractivity contribution in [1.82, 2.24) is 4.31 Å². The number of hydrogen-bond acceptors (Lipinski definition) is 3. The Labute approximate surface area is 125 Å². The molecule has 0 N–H and O–H groups in total. The van der Waals surface area contributed by atoms with Gasteiger partial charge < -0.3 is 0 Å². The number of thiophene rings is 1. The first kappa shape index (κ1) is 14.6. The Bertz CT molecular complexity index is 724. The van der Waals surface area contributed by atoms with Crippen molar-refractivity contribution in [2.24, 2.45) is 0 Å². The van der Waals surface area contributed by atoms with E-state index < -0.39 is 26.6 Å². The van der Waals surface area contributed by atoms with Crippen LogP contribution in [-0.4, -0.2) is 19.3 Å². The largest absolute Gasteiger partial charge is 0.249 e. The number of nitrogens with zero attached hydrogens (tertiary/aromatic N) is 1. The normalized spacial score (nSPS) is 20.0. The Morgan fingerprint density at radius 1 is 1.14 bits per heavy atom. The fourth-order valence-corrected chi connectivity index (χ4v) is 5.37. The molecule has 0 aliphatic carbocycles. The summed E-state index contributed by atoms with van der Waals surface area (Å²) < 4.78 is 54.1. The first-order chi connectivity index (χ1) is 10.0. The van der Waals surface area contributed by atoms with Crippen LogP contribution >= 0.6 is 11.3 Å². The van der Waals surface area contributed by atoms with Crippen molar-refractivity contribution in [1.29, 1.82) is 0 Å². The number of halogens is 2. The van der Waals surface area contributed by atoms with Crippen LogP contribution in [0.3, 0.4) is 0 Å². The molecule has 1 aliphatic rings. The highest BCUT2D eigenvalue weighted by molar-refractivity contribution is 7.89. The topological polar surface area (TPSA) is 37.4 Å². The molecule has 0 amide bonds. The summed E-state index contributed by atoms with van der Waals surface area (Å²) in [6.45, 7) is 0.276. The van der Waals surface area contributed by atoms with Crippen molar-refractivity contribution < 1.29 is 17.2 Å². The molecule has 0 radical (unpaired) electrons. The predicted molar refractivity (Wildman–Crippen MR) is 76.5 cm³/mol. The van der Waals surface area contributed by atoms with Crippen LogP contribution < -0.4 is 0 Å². The molecule has 1 aromatic heterocycles. The summed E-state index contributed by atoms with van der Waals surface area (Å²) in [5.41, 5.74) is 0. The molecule has 3 nitrogen and oxygen atoms in total. The molecule has 3 rings (SSSR count). The van der Waals surface area contributed by atoms with Crippen LogP contribution in [0.15, 0.2) is 40.6 Å². The quantitative estimate of drug-likeness (QED) is 0.863. The maximum absolute atomic E-state index is 13.8. The predicted octanol–water partition coefficient (Wildman–Crippen LogP) is 3.55. The number of rotatable bonds is 3. The molecule has 0 saturated carbocycles. The van der Waals surface area contributed by atoms with Crippen molar-refractivity contribution in [2.45, 2.75) is 23.8 Å². The standard InChI is InChI=1S/C14H13F2NO2S2/c15-10-4-1-5-11(16)14(10)21(18,19)17-8-2-6-12(17)13-7-3-9-20-13/h1,3-5,7,9,12H,2,6,8H2/t12-/m1/s1. The molecular weight excluding hydrogens is 316 g/mol. The average Bonchev–Trinajstić information content (AvgIpc) is 3.09. The van der Waals surface area contributed by atoms with Crippen LogP contribution in [0.4, 0.5) is 8.78 Å². The Kier molecular flexibility index (Phi) is 3.81. The van der Waals surface area contributed by atoms with E-state index in [1.807, 2.05) is 17.5 Å². The zero-order valence-electron chi connectivity index (χ0n) is 11.0. The molecule has 0 unspecified atom stereocenters. The molecule has 112 valence electrons. The lowest BCUT2D eigenvalue weighted by Gasteiger charge is -2.23. The fourth-order valence-electron chi connectivity index (χ4n) is 2.64. The molecule has 2 aromatic rings. The van der Waals surface area contributed by atoms with Gasteiger partial charge in [-0.15, -0.1) is 11.3 Å². The molecule has 21 heavy (non-hydrogen) atoms. The van der Waals surface area contributed by atoms with Gasteiger partial charge in [0.2, 0.25) is 10.0 Å². The van der Waals surface area contributed by atoms with E-state index in [0.29, 0.717) is 12.8 Å². The Hall–Kier alpha value is -1.31. The van der Waals surface area contributed by atoms with Crippen molar-refractivity contribution in [3.8, 4) is 0 Å². The van der Waals surface area contributed by atoms with E-state index in [0.717, 1.165) is 23.1 Å². The highest BCUT2D eigenvalue weighted by atomic mass is 32.2. The zero-order chi connectivity index (χ0) is 15.0. The summed E-state index contributed by atoms with van der Waals surface area (Å²) in [6, 6.07) is 6.44. The van der Waals surface area contributed by atoms with Gasteiger partial charge in [-0.05, 0) is 36.4 Å². The first-order valence-corrected chi connectivity index (χ1v) is 8.83. The second-order valence-corrected chi connectivity index (χ2v) is 7.65. The number of hydrogen-bond donors (Lipinski definition) is 0. The van der Waals surface area contributed by atoms with Crippen LogP contribution in [0, 0.1) is 11.6 Å². The summed E-state index contributed by atoms with van der Waals surface area (Å²) in [6.07, 6.45) is 1.34. The van der Waals surface area contributed by atoms with E-state index in [2.05, 4.69) is 0 Å². The molecule has 1 aliphatic heterocycles. The van der Waals surface area contributed by atoms with Crippen molar-refractivity contribution in [2.75, 3.05) is 6.54 Å². The van der Waals surface area contributed by atoms with Gasteiger partial charge in [0.05, 0.1) is 6.04 Å². The molecule has 0 spiro atoms. The van der Waals surface area contributed by atoms with Gasteiger partial charge in [0.1, 0.15) is 11.6 Å². The van der Waals surface area contributed by atoms with Crippen LogP contribution in [0.2, 0.25) is 0 Å². The average molecular weight is 329 g/mol. The molecule has 1 saturated heterocycles. The second-order valence-electron chi connectivity index (χ2n) is 4.84. The van der Waals surface area contributed by atoms with Gasteiger partial charge in [-0.25, -0.2) is 17.2 Å². The summed E-state index contributed by atoms with van der Waals surface area (Å²) in [5.74, 6) is -2.10. The van der Waals surface area contributed by atoms with E-state index in [9.17, 15) is 17.2 Å². The maximum Gasteiger partial charge on any atom is 0.249 e. The molecule has 1 aromatic carbocycles. The highest BCUT2D eigenvalue weighted by Gasteiger charge is 2.39. The van der Waals surface area contributed by atoms with Crippen molar-refractivity contribution >= 4 is 21.4 Å². The van der Waals surface area contributed by atoms with Crippen LogP contribution in [0.1, 0.15) is 23.8 Å². The van der Waals surface area contributed by atoms with E-state index >= 15 is 0 Å². The second kappa shape index (κ2) is 5.47. The molecule has 1 fully saturated rings. The van der Waals surface area contributed by atoms with Gasteiger partial charge >= 0.3 is 0 Å². The van der Waals surface area contributed by atoms with Crippen LogP contribution in [-0.2, 0) is 10.0 Å². The molecule has 1 atom stereocenters. The fraction of sp³-hybridized carbons (Fsp3) is 0.286. The highest BCUT2D eigenvalue weighted by Crippen LogP contribution is 2.39. The minimum absolute atomic E-state index is 0.276. The van der Waals surface area contributed by atoms with Gasteiger partial charge in [-0.2, -0.15) is 4.31 Å². The smallest absolute Gasteiger partial charge is 0.207 e. The van der Waals surface area contributed by atoms with Crippen molar-refractivity contribution in [3.05, 3.63) is 52.2 Å². The minimum Gasteiger partial charge on any atom is -0.207 e. The monoisotopic (exact) mass is 329 g/mol. The SMILES string of the molecule is O=S(=O)(c1c(F)cccc1F)N1CCC[C@@H]1c1cccs1. The van der Waals surface area contributed by atoms with E-state index in [4.69, 9.17) is 0 Å². The zero-order valence-corrected chi connectivity index (χ0v) is 12.6. The van der Waals surface area contributed by atoms with E-state index in [-0.39, 0.29) is 12.6 Å². The van der Waals surface area contributed by atoms with Crippen molar-refractivity contribution in [3.63, 3.8) is 0 Å². The summed E-state index contributed by atoms with van der Waals surface area (Å²) in [5, 5.41) is 1.86. The third kappa shape index (κ3) is 2.49. The summed E-state index contributed by atoms with van der Waals surface area (Å²) in [7, 11) is -4.19. The summed E-state index contributed by atoms with van der Waals surface area (Å²) in [4.78, 5) is 0.0429. The maximum atomic E-state index is 13.8. The molecular formula is C14H13F2NO2S2. The lowest BCUT2D eigenvalue weighted by molar-refractivity contribution is 0.392. The summed E-state index contributed by atoms with van der Waals surface area (Å²) >= 11 is 1.45. The van der Waals surface area contributed by atoms with Gasteiger partial charge in [0, 0.05) is 11.4 Å². The molecule has 7 heteroatoms. The Morgan fingerprint density at radius 3 is 2.48 bits per heavy atom. The van der Waals surface area contributed by atoms with Gasteiger partial charge in [-0.1, -0.05) is 12.1 Å². The minimum atomic E-state index is -4.19. The molecule has 2 heterocycles. The number of benzene rings is 1. The lowest BCUT2D eigenvalue weighted by atomic mass is 10.2. The molecule has 0 bridgehead atoms. The Balaban J connectivity index is 2.06. The van der Waals surface area contributed by atoms with Gasteiger partial charge in [0.25, 0.3) is 0 Å². The van der Waals surface area contributed by atoms with Gasteiger partial charge in [-0.3, -0.25) is 0 Å². The third-order valence-electron chi connectivity index (χ3n) is 3.56. The Morgan fingerprint density at radius 2 is 1.86 bits per heavy atom. The van der Waals surface area contributed by atoms with E-state index in [1.165, 1.54) is 15.6 Å². The van der Waals surface area contributed by atoms with Gasteiger partial charge in [0.15, 0.2) is 4.90 Å². The number of sulfonamides is 1.